The van der Waals surface area contributed by atoms with Gasteiger partial charge < -0.3 is 10.5 Å². The summed E-state index contributed by atoms with van der Waals surface area (Å²) in [7, 11) is 0. The highest BCUT2D eigenvalue weighted by Gasteiger charge is 1.99. The first-order chi connectivity index (χ1) is 6.63. The normalized spacial score (nSPS) is 10.4. The van der Waals surface area contributed by atoms with E-state index in [2.05, 4.69) is 5.43 Å². The van der Waals surface area contributed by atoms with Crippen molar-refractivity contribution in [2.45, 2.75) is 0 Å². The maximum Gasteiger partial charge on any atom is 0.328 e. The van der Waals surface area contributed by atoms with Crippen LogP contribution in [0, 0.1) is 5.82 Å². The van der Waals surface area contributed by atoms with Gasteiger partial charge in [0.25, 0.3) is 0 Å². The fraction of sp³-hybridized carbons (Fsp3) is 0. The Kier molecular flexibility index (Phi) is 3.19. The number of nitrogen functional groups attached to an aromatic ring is 1. The van der Waals surface area contributed by atoms with Crippen LogP contribution in [0.4, 0.5) is 10.1 Å². The molecule has 1 rings (SSSR count). The zero-order valence-electron chi connectivity index (χ0n) is 7.20. The quantitative estimate of drug-likeness (QED) is 0.386. The molecule has 74 valence electrons. The third kappa shape index (κ3) is 2.56. The minimum atomic E-state index is -1.08. The van der Waals surface area contributed by atoms with Crippen LogP contribution >= 0.6 is 0 Å². The van der Waals surface area contributed by atoms with Gasteiger partial charge in [0.05, 0.1) is 5.69 Å². The standard InChI is InChI=1S/C9H9FN2O2/c10-7-5-6(2-4-9(13)14)1-3-8(7)12-11/h1-5,12H,11H2,(H,13,14)/b4-2+. The molecule has 0 aromatic heterocycles. The molecule has 4 N–H and O–H groups in total. The van der Waals surface area contributed by atoms with Gasteiger partial charge in [-0.2, -0.15) is 0 Å². The van der Waals surface area contributed by atoms with E-state index in [0.29, 0.717) is 5.56 Å². The van der Waals surface area contributed by atoms with Gasteiger partial charge in [0.15, 0.2) is 0 Å². The molecule has 0 amide bonds. The molecule has 0 atom stereocenters. The van der Waals surface area contributed by atoms with Crippen molar-refractivity contribution < 1.29 is 14.3 Å². The van der Waals surface area contributed by atoms with Crippen molar-refractivity contribution in [3.05, 3.63) is 35.7 Å². The highest BCUT2D eigenvalue weighted by molar-refractivity contribution is 5.85. The summed E-state index contributed by atoms with van der Waals surface area (Å²) in [5.74, 6) is 3.42. The number of hydrazine groups is 1. The summed E-state index contributed by atoms with van der Waals surface area (Å²) in [5.41, 5.74) is 2.80. The van der Waals surface area contributed by atoms with Crippen molar-refractivity contribution in [1.29, 1.82) is 0 Å². The molecule has 1 aromatic rings. The van der Waals surface area contributed by atoms with E-state index >= 15 is 0 Å². The molecule has 0 heterocycles. The van der Waals surface area contributed by atoms with Crippen LogP contribution in [0.15, 0.2) is 24.3 Å². The third-order valence-electron chi connectivity index (χ3n) is 1.57. The van der Waals surface area contributed by atoms with Crippen LogP contribution in [0.2, 0.25) is 0 Å². The number of anilines is 1. The van der Waals surface area contributed by atoms with E-state index in [0.717, 1.165) is 6.08 Å². The lowest BCUT2D eigenvalue weighted by molar-refractivity contribution is -0.131. The lowest BCUT2D eigenvalue weighted by Crippen LogP contribution is -2.08. The first kappa shape index (κ1) is 10.2. The average molecular weight is 196 g/mol. The minimum Gasteiger partial charge on any atom is -0.478 e. The second-order valence-electron chi connectivity index (χ2n) is 2.56. The van der Waals surface area contributed by atoms with Crippen LogP contribution in [0.3, 0.4) is 0 Å². The van der Waals surface area contributed by atoms with Crippen molar-refractivity contribution in [2.24, 2.45) is 5.84 Å². The Morgan fingerprint density at radius 3 is 2.79 bits per heavy atom. The largest absolute Gasteiger partial charge is 0.478 e. The highest BCUT2D eigenvalue weighted by atomic mass is 19.1. The monoisotopic (exact) mass is 196 g/mol. The van der Waals surface area contributed by atoms with E-state index in [1.54, 1.807) is 6.07 Å². The van der Waals surface area contributed by atoms with E-state index < -0.39 is 11.8 Å². The maximum atomic E-state index is 13.1. The molecule has 0 fully saturated rings. The molecule has 1 aromatic carbocycles. The number of carbonyl (C=O) groups is 1. The molecule has 5 heteroatoms. The number of nitrogens with one attached hydrogen (secondary N) is 1. The topological polar surface area (TPSA) is 75.3 Å². The lowest BCUT2D eigenvalue weighted by Gasteiger charge is -2.01. The van der Waals surface area contributed by atoms with Crippen molar-refractivity contribution in [3.8, 4) is 0 Å². The number of benzene rings is 1. The Labute approximate surface area is 79.8 Å². The molecule has 14 heavy (non-hydrogen) atoms. The van der Waals surface area contributed by atoms with Crippen LogP contribution in [0.1, 0.15) is 5.56 Å². The van der Waals surface area contributed by atoms with E-state index in [4.69, 9.17) is 10.9 Å². The fourth-order valence-electron chi connectivity index (χ4n) is 0.920. The number of nitrogens with two attached hydrogens (primary N) is 1. The first-order valence-corrected chi connectivity index (χ1v) is 3.80. The zero-order chi connectivity index (χ0) is 10.6. The van der Waals surface area contributed by atoms with Crippen LogP contribution in [0.25, 0.3) is 6.08 Å². The lowest BCUT2D eigenvalue weighted by atomic mass is 10.2. The number of aliphatic carboxylic acids is 1. The summed E-state index contributed by atoms with van der Waals surface area (Å²) in [5, 5.41) is 8.33. The summed E-state index contributed by atoms with van der Waals surface area (Å²) in [6, 6.07) is 4.17. The van der Waals surface area contributed by atoms with E-state index in [9.17, 15) is 9.18 Å². The number of rotatable bonds is 3. The van der Waals surface area contributed by atoms with Crippen LogP contribution in [-0.4, -0.2) is 11.1 Å². The molecular formula is C9H9FN2O2. The molecule has 0 aliphatic rings. The van der Waals surface area contributed by atoms with Crippen LogP contribution < -0.4 is 11.3 Å². The molecule has 0 bridgehead atoms. The molecule has 0 aliphatic carbocycles. The number of hydrogen-bond acceptors (Lipinski definition) is 3. The number of carboxylic acid groups (broad SMARTS) is 1. The third-order valence-corrected chi connectivity index (χ3v) is 1.57. The van der Waals surface area contributed by atoms with Crippen LogP contribution in [-0.2, 0) is 4.79 Å². The Morgan fingerprint density at radius 2 is 2.29 bits per heavy atom. The molecule has 0 saturated heterocycles. The Balaban J connectivity index is 2.91. The van der Waals surface area contributed by atoms with Crippen molar-refractivity contribution >= 4 is 17.7 Å². The van der Waals surface area contributed by atoms with Gasteiger partial charge in [0.1, 0.15) is 5.82 Å². The zero-order valence-corrected chi connectivity index (χ0v) is 7.20. The molecule has 4 nitrogen and oxygen atoms in total. The van der Waals surface area contributed by atoms with Gasteiger partial charge in [0.2, 0.25) is 0 Å². The average Bonchev–Trinajstić information content (AvgIpc) is 2.15. The second kappa shape index (κ2) is 4.38. The van der Waals surface area contributed by atoms with Gasteiger partial charge in [-0.3, -0.25) is 5.84 Å². The predicted molar refractivity (Wildman–Crippen MR) is 50.9 cm³/mol. The van der Waals surface area contributed by atoms with Gasteiger partial charge in [-0.15, -0.1) is 0 Å². The molecular weight excluding hydrogens is 187 g/mol. The van der Waals surface area contributed by atoms with Gasteiger partial charge in [-0.25, -0.2) is 9.18 Å². The van der Waals surface area contributed by atoms with Gasteiger partial charge in [0, 0.05) is 6.08 Å². The van der Waals surface area contributed by atoms with Crippen molar-refractivity contribution in [3.63, 3.8) is 0 Å². The predicted octanol–water partition coefficient (Wildman–Crippen LogP) is 1.21. The van der Waals surface area contributed by atoms with E-state index in [1.165, 1.54) is 18.2 Å². The minimum absolute atomic E-state index is 0.164. The van der Waals surface area contributed by atoms with Gasteiger partial charge >= 0.3 is 5.97 Å². The maximum absolute atomic E-state index is 13.1. The number of halogens is 1. The Morgan fingerprint density at radius 1 is 1.57 bits per heavy atom. The summed E-state index contributed by atoms with van der Waals surface area (Å²) in [6.45, 7) is 0. The van der Waals surface area contributed by atoms with Crippen molar-refractivity contribution in [1.82, 2.24) is 0 Å². The molecule has 0 aliphatic heterocycles. The molecule has 0 saturated carbocycles. The number of carboxylic acids is 1. The van der Waals surface area contributed by atoms with E-state index in [1.807, 2.05) is 0 Å². The second-order valence-corrected chi connectivity index (χ2v) is 2.56. The van der Waals surface area contributed by atoms with E-state index in [-0.39, 0.29) is 5.69 Å². The fourth-order valence-corrected chi connectivity index (χ4v) is 0.920. The first-order valence-electron chi connectivity index (χ1n) is 3.80. The van der Waals surface area contributed by atoms with Crippen LogP contribution in [0.5, 0.6) is 0 Å². The molecule has 0 spiro atoms. The molecule has 0 radical (unpaired) electrons. The Hall–Kier alpha value is -1.88. The SMILES string of the molecule is NNc1ccc(/C=C/C(=O)O)cc1F. The summed E-state index contributed by atoms with van der Waals surface area (Å²) in [6.07, 6.45) is 2.23. The molecule has 0 unspecified atom stereocenters. The smallest absolute Gasteiger partial charge is 0.328 e. The summed E-state index contributed by atoms with van der Waals surface area (Å²) >= 11 is 0. The van der Waals surface area contributed by atoms with Gasteiger partial charge in [-0.1, -0.05) is 6.07 Å². The summed E-state index contributed by atoms with van der Waals surface area (Å²) < 4.78 is 13.1. The van der Waals surface area contributed by atoms with Gasteiger partial charge in [-0.05, 0) is 23.8 Å². The summed E-state index contributed by atoms with van der Waals surface area (Å²) in [4.78, 5) is 10.2. The number of hydrogen-bond donors (Lipinski definition) is 3. The Bertz CT molecular complexity index is 377. The van der Waals surface area contributed by atoms with Crippen molar-refractivity contribution in [2.75, 3.05) is 5.43 Å². The highest BCUT2D eigenvalue weighted by Crippen LogP contribution is 2.15.